The monoisotopic (exact) mass is 322 g/mol. The molecule has 0 aromatic rings. The van der Waals surface area contributed by atoms with E-state index in [0.29, 0.717) is 12.8 Å². The normalized spacial score (nSPS) is 15.0. The van der Waals surface area contributed by atoms with Gasteiger partial charge in [0.25, 0.3) is 10.1 Å². The predicted molar refractivity (Wildman–Crippen MR) is 88.1 cm³/mol. The van der Waals surface area contributed by atoms with Gasteiger partial charge in [0.15, 0.2) is 0 Å². The van der Waals surface area contributed by atoms with E-state index in [9.17, 15) is 13.5 Å². The van der Waals surface area contributed by atoms with Crippen LogP contribution in [0.4, 0.5) is 0 Å². The van der Waals surface area contributed by atoms with Crippen LogP contribution in [0.1, 0.15) is 90.9 Å². The Hall–Kier alpha value is -0.130. The van der Waals surface area contributed by atoms with Gasteiger partial charge in [-0.3, -0.25) is 4.55 Å². The number of aliphatic hydroxyl groups is 1. The van der Waals surface area contributed by atoms with Crippen LogP contribution in [-0.4, -0.2) is 29.4 Å². The van der Waals surface area contributed by atoms with E-state index in [1.807, 2.05) is 0 Å². The molecule has 0 saturated carbocycles. The van der Waals surface area contributed by atoms with Gasteiger partial charge in [-0.25, -0.2) is 0 Å². The minimum Gasteiger partial charge on any atom is -0.393 e. The van der Waals surface area contributed by atoms with Crippen molar-refractivity contribution in [1.82, 2.24) is 0 Å². The first kappa shape index (κ1) is 20.9. The first-order valence-corrected chi connectivity index (χ1v) is 10.1. The third-order valence-electron chi connectivity index (χ3n) is 4.08. The van der Waals surface area contributed by atoms with Gasteiger partial charge in [0.05, 0.1) is 11.4 Å². The molecule has 0 fully saturated rings. The van der Waals surface area contributed by atoms with Gasteiger partial charge in [-0.05, 0) is 25.7 Å². The fraction of sp³-hybridized carbons (Fsp3) is 1.00. The van der Waals surface area contributed by atoms with E-state index in [0.717, 1.165) is 64.2 Å². The maximum Gasteiger partial charge on any atom is 0.267 e. The summed E-state index contributed by atoms with van der Waals surface area (Å²) in [5.41, 5.74) is 0. The highest BCUT2D eigenvalue weighted by atomic mass is 32.2. The number of hydrogen-bond acceptors (Lipinski definition) is 3. The molecule has 5 heteroatoms. The van der Waals surface area contributed by atoms with Crippen LogP contribution in [0.5, 0.6) is 0 Å². The quantitative estimate of drug-likeness (QED) is 0.369. The molecule has 0 bridgehead atoms. The zero-order valence-electron chi connectivity index (χ0n) is 13.8. The highest BCUT2D eigenvalue weighted by Gasteiger charge is 2.19. The summed E-state index contributed by atoms with van der Waals surface area (Å²) >= 11 is 0. The molecular formula is C16H34O4S. The minimum atomic E-state index is -3.86. The summed E-state index contributed by atoms with van der Waals surface area (Å²) in [6.07, 6.45) is 11.3. The third-order valence-corrected chi connectivity index (χ3v) is 5.49. The molecule has 0 rings (SSSR count). The lowest BCUT2D eigenvalue weighted by Crippen LogP contribution is -2.19. The van der Waals surface area contributed by atoms with Crippen LogP contribution in [0.2, 0.25) is 0 Å². The Morgan fingerprint density at radius 1 is 0.810 bits per heavy atom. The van der Waals surface area contributed by atoms with Gasteiger partial charge in [-0.2, -0.15) is 8.42 Å². The highest BCUT2D eigenvalue weighted by molar-refractivity contribution is 7.86. The van der Waals surface area contributed by atoms with E-state index in [1.165, 1.54) is 0 Å². The lowest BCUT2D eigenvalue weighted by Gasteiger charge is -2.11. The Bertz CT molecular complexity index is 327. The molecule has 0 saturated heterocycles. The molecular weight excluding hydrogens is 288 g/mol. The van der Waals surface area contributed by atoms with Crippen molar-refractivity contribution in [2.75, 3.05) is 0 Å². The average Bonchev–Trinajstić information content (AvgIpc) is 2.42. The van der Waals surface area contributed by atoms with Crippen LogP contribution in [0.3, 0.4) is 0 Å². The van der Waals surface area contributed by atoms with Crippen molar-refractivity contribution in [3.63, 3.8) is 0 Å². The predicted octanol–water partition coefficient (Wildman–Crippen LogP) is 4.32. The van der Waals surface area contributed by atoms with E-state index in [1.54, 1.807) is 6.92 Å². The number of aliphatic hydroxyl groups excluding tert-OH is 1. The summed E-state index contributed by atoms with van der Waals surface area (Å²) in [5, 5.41) is 9.11. The molecule has 2 unspecified atom stereocenters. The number of hydrogen-bond donors (Lipinski definition) is 2. The van der Waals surface area contributed by atoms with Crippen molar-refractivity contribution >= 4 is 10.1 Å². The molecule has 0 heterocycles. The van der Waals surface area contributed by atoms with Crippen molar-refractivity contribution in [2.45, 2.75) is 102 Å². The van der Waals surface area contributed by atoms with Gasteiger partial charge in [0, 0.05) is 0 Å². The Morgan fingerprint density at radius 3 is 1.76 bits per heavy atom. The summed E-state index contributed by atoms with van der Waals surface area (Å²) in [7, 11) is -3.86. The largest absolute Gasteiger partial charge is 0.393 e. The first-order chi connectivity index (χ1) is 9.91. The van der Waals surface area contributed by atoms with Gasteiger partial charge in [-0.15, -0.1) is 0 Å². The van der Waals surface area contributed by atoms with Crippen LogP contribution in [0, 0.1) is 0 Å². The zero-order valence-corrected chi connectivity index (χ0v) is 14.6. The van der Waals surface area contributed by atoms with Gasteiger partial charge >= 0.3 is 0 Å². The summed E-state index contributed by atoms with van der Waals surface area (Å²) in [6, 6.07) is 0. The second-order valence-corrected chi connectivity index (χ2v) is 7.74. The Balaban J connectivity index is 3.44. The van der Waals surface area contributed by atoms with E-state index in [2.05, 4.69) is 6.92 Å². The molecule has 21 heavy (non-hydrogen) atoms. The Kier molecular flexibility index (Phi) is 12.3. The first-order valence-electron chi connectivity index (χ1n) is 8.56. The summed E-state index contributed by atoms with van der Waals surface area (Å²) in [6.45, 7) is 3.93. The summed E-state index contributed by atoms with van der Waals surface area (Å²) < 4.78 is 31.1. The average molecular weight is 323 g/mol. The second-order valence-electron chi connectivity index (χ2n) is 6.04. The lowest BCUT2D eigenvalue weighted by molar-refractivity contribution is 0.148. The van der Waals surface area contributed by atoms with E-state index >= 15 is 0 Å². The van der Waals surface area contributed by atoms with Gasteiger partial charge in [0.1, 0.15) is 0 Å². The smallest absolute Gasteiger partial charge is 0.267 e. The van der Waals surface area contributed by atoms with Crippen LogP contribution in [0.25, 0.3) is 0 Å². The molecule has 0 aliphatic rings. The van der Waals surface area contributed by atoms with Crippen molar-refractivity contribution in [2.24, 2.45) is 0 Å². The summed E-state index contributed by atoms with van der Waals surface area (Å²) in [4.78, 5) is 0. The fourth-order valence-electron chi connectivity index (χ4n) is 2.61. The van der Waals surface area contributed by atoms with Crippen LogP contribution in [0.15, 0.2) is 0 Å². The molecule has 0 amide bonds. The van der Waals surface area contributed by atoms with Crippen molar-refractivity contribution in [3.05, 3.63) is 0 Å². The number of unbranched alkanes of at least 4 members (excludes halogenated alkanes) is 6. The van der Waals surface area contributed by atoms with Crippen molar-refractivity contribution < 1.29 is 18.1 Å². The van der Waals surface area contributed by atoms with Crippen LogP contribution in [-0.2, 0) is 10.1 Å². The van der Waals surface area contributed by atoms with Crippen LogP contribution < -0.4 is 0 Å². The molecule has 0 aliphatic carbocycles. The highest BCUT2D eigenvalue weighted by Crippen LogP contribution is 2.16. The van der Waals surface area contributed by atoms with Crippen molar-refractivity contribution in [1.29, 1.82) is 0 Å². The molecule has 0 radical (unpaired) electrons. The lowest BCUT2D eigenvalue weighted by atomic mass is 10.0. The standard InChI is InChI=1S/C16H34O4S/c1-3-5-12-15(17)13-10-8-6-7-9-11-14-16(4-2)21(18,19)20/h15-17H,3-14H2,1-2H3,(H,18,19,20). The van der Waals surface area contributed by atoms with E-state index in [-0.39, 0.29) is 6.10 Å². The Labute approximate surface area is 131 Å². The SMILES string of the molecule is CCCCC(O)CCCCCCCCC(CC)S(=O)(=O)O. The maximum absolute atomic E-state index is 11.0. The molecule has 128 valence electrons. The fourth-order valence-corrected chi connectivity index (χ4v) is 3.49. The van der Waals surface area contributed by atoms with Gasteiger partial charge in [-0.1, -0.05) is 65.2 Å². The molecule has 2 N–H and O–H groups in total. The molecule has 0 aromatic heterocycles. The maximum atomic E-state index is 11.0. The van der Waals surface area contributed by atoms with Crippen LogP contribution >= 0.6 is 0 Å². The number of rotatable bonds is 14. The summed E-state index contributed by atoms with van der Waals surface area (Å²) in [5.74, 6) is 0. The molecule has 0 aliphatic heterocycles. The molecule has 2 atom stereocenters. The Morgan fingerprint density at radius 2 is 1.29 bits per heavy atom. The van der Waals surface area contributed by atoms with E-state index in [4.69, 9.17) is 4.55 Å². The van der Waals surface area contributed by atoms with E-state index < -0.39 is 15.4 Å². The minimum absolute atomic E-state index is 0.134. The zero-order chi connectivity index (χ0) is 16.1. The molecule has 4 nitrogen and oxygen atoms in total. The second kappa shape index (κ2) is 12.4. The molecule has 0 spiro atoms. The van der Waals surface area contributed by atoms with Crippen molar-refractivity contribution in [3.8, 4) is 0 Å². The van der Waals surface area contributed by atoms with Gasteiger partial charge < -0.3 is 5.11 Å². The topological polar surface area (TPSA) is 74.6 Å². The third kappa shape index (κ3) is 12.1. The van der Waals surface area contributed by atoms with Gasteiger partial charge in [0.2, 0.25) is 0 Å². The molecule has 0 aromatic carbocycles.